The lowest BCUT2D eigenvalue weighted by atomic mass is 10.1. The molecule has 0 aliphatic rings. The minimum atomic E-state index is -4.26. The van der Waals surface area contributed by atoms with Crippen molar-refractivity contribution in [2.75, 3.05) is 7.11 Å². The molecule has 0 spiro atoms. The lowest BCUT2D eigenvalue weighted by Crippen LogP contribution is -2.23. The van der Waals surface area contributed by atoms with Gasteiger partial charge in [-0.3, -0.25) is 4.79 Å². The Morgan fingerprint density at radius 2 is 1.47 bits per heavy atom. The largest absolute Gasteiger partial charge is 0.465 e. The van der Waals surface area contributed by atoms with E-state index in [4.69, 9.17) is 4.74 Å². The molecular formula is C25H19N3O5S. The number of para-hydroxylation sites is 3. The van der Waals surface area contributed by atoms with E-state index in [2.05, 4.69) is 4.98 Å². The Balaban J connectivity index is 1.90. The van der Waals surface area contributed by atoms with Gasteiger partial charge in [-0.1, -0.05) is 48.5 Å². The molecule has 170 valence electrons. The third-order valence-corrected chi connectivity index (χ3v) is 7.44. The number of rotatable bonds is 5. The number of carbonyl (C=O) groups excluding carboxylic acids is 2. The number of imidazole rings is 1. The Hall–Kier alpha value is -4.24. The van der Waals surface area contributed by atoms with Gasteiger partial charge in [-0.2, -0.15) is 0 Å². The van der Waals surface area contributed by atoms with E-state index < -0.39 is 21.8 Å². The molecule has 0 fully saturated rings. The Bertz CT molecular complexity index is 1700. The minimum absolute atomic E-state index is 0.00123. The molecule has 8 nitrogen and oxygen atoms in total. The number of carbonyl (C=O) groups is 2. The second-order valence-corrected chi connectivity index (χ2v) is 9.41. The Kier molecular flexibility index (Phi) is 5.06. The summed E-state index contributed by atoms with van der Waals surface area (Å²) in [4.78, 5) is 31.3. The molecule has 34 heavy (non-hydrogen) atoms. The van der Waals surface area contributed by atoms with Crippen LogP contribution in [0.3, 0.4) is 0 Å². The molecule has 2 aromatic heterocycles. The van der Waals surface area contributed by atoms with Crippen LogP contribution in [0.25, 0.3) is 21.9 Å². The highest BCUT2D eigenvalue weighted by atomic mass is 32.2. The SMILES string of the molecule is COC(=O)c1c(C(=O)c2nc3ccccc3n2C)n(S(=O)(=O)c2ccccc2)c2ccccc12. The van der Waals surface area contributed by atoms with Gasteiger partial charge in [0, 0.05) is 12.4 Å². The smallest absolute Gasteiger partial charge is 0.340 e. The van der Waals surface area contributed by atoms with Crippen LogP contribution < -0.4 is 0 Å². The summed E-state index contributed by atoms with van der Waals surface area (Å²) in [7, 11) is -1.41. The second-order valence-electron chi connectivity index (χ2n) is 7.63. The fourth-order valence-corrected chi connectivity index (χ4v) is 5.67. The van der Waals surface area contributed by atoms with E-state index in [0.717, 1.165) is 3.97 Å². The number of benzene rings is 3. The molecule has 3 aromatic carbocycles. The topological polar surface area (TPSA) is 100 Å². The van der Waals surface area contributed by atoms with Gasteiger partial charge in [0.25, 0.3) is 10.0 Å². The van der Waals surface area contributed by atoms with Gasteiger partial charge in [0.1, 0.15) is 5.69 Å². The highest BCUT2D eigenvalue weighted by Gasteiger charge is 2.35. The standard InChI is InChI=1S/C25H19N3O5S/c1-27-20-15-9-7-13-18(20)26-24(27)23(29)22-21(25(30)33-2)17-12-6-8-14-19(17)28(22)34(31,32)16-10-4-3-5-11-16/h3-15H,1-2H3. The third kappa shape index (κ3) is 3.12. The van der Waals surface area contributed by atoms with Gasteiger partial charge in [-0.05, 0) is 30.3 Å². The monoisotopic (exact) mass is 473 g/mol. The zero-order valence-electron chi connectivity index (χ0n) is 18.3. The average molecular weight is 474 g/mol. The number of nitrogens with zero attached hydrogens (tertiary/aromatic N) is 3. The summed E-state index contributed by atoms with van der Waals surface area (Å²) in [6, 6.07) is 21.4. The van der Waals surface area contributed by atoms with Crippen LogP contribution in [0.2, 0.25) is 0 Å². The fourth-order valence-electron chi connectivity index (χ4n) is 4.13. The molecule has 5 rings (SSSR count). The average Bonchev–Trinajstić information content (AvgIpc) is 3.39. The molecule has 0 unspecified atom stereocenters. The first-order valence-corrected chi connectivity index (χ1v) is 11.8. The molecule has 0 amide bonds. The van der Waals surface area contributed by atoms with Crippen molar-refractivity contribution in [1.29, 1.82) is 0 Å². The van der Waals surface area contributed by atoms with Gasteiger partial charge in [-0.25, -0.2) is 22.2 Å². The van der Waals surface area contributed by atoms with Gasteiger partial charge >= 0.3 is 5.97 Å². The van der Waals surface area contributed by atoms with Crippen LogP contribution in [-0.4, -0.2) is 40.8 Å². The second kappa shape index (κ2) is 7.96. The van der Waals surface area contributed by atoms with Crippen molar-refractivity contribution in [2.45, 2.75) is 4.90 Å². The van der Waals surface area contributed by atoms with Gasteiger partial charge in [0.05, 0.1) is 34.1 Å². The van der Waals surface area contributed by atoms with E-state index in [1.165, 1.54) is 19.2 Å². The van der Waals surface area contributed by atoms with Crippen LogP contribution in [-0.2, 0) is 21.8 Å². The van der Waals surface area contributed by atoms with E-state index in [-0.39, 0.29) is 32.9 Å². The van der Waals surface area contributed by atoms with Gasteiger partial charge < -0.3 is 9.30 Å². The first kappa shape index (κ1) is 21.6. The highest BCUT2D eigenvalue weighted by molar-refractivity contribution is 7.90. The minimum Gasteiger partial charge on any atom is -0.465 e. The molecule has 0 aliphatic carbocycles. The summed E-state index contributed by atoms with van der Waals surface area (Å²) in [5.41, 5.74) is 0.999. The molecule has 9 heteroatoms. The maximum Gasteiger partial charge on any atom is 0.340 e. The van der Waals surface area contributed by atoms with Crippen molar-refractivity contribution in [3.63, 3.8) is 0 Å². The van der Waals surface area contributed by atoms with Gasteiger partial charge in [0.15, 0.2) is 5.82 Å². The van der Waals surface area contributed by atoms with Crippen molar-refractivity contribution in [2.24, 2.45) is 7.05 Å². The molecule has 0 radical (unpaired) electrons. The first-order chi connectivity index (χ1) is 16.4. The molecule has 0 atom stereocenters. The van der Waals surface area contributed by atoms with Crippen LogP contribution in [0.5, 0.6) is 0 Å². The number of hydrogen-bond donors (Lipinski definition) is 0. The molecule has 0 saturated heterocycles. The van der Waals surface area contributed by atoms with Crippen LogP contribution in [0.15, 0.2) is 83.8 Å². The Morgan fingerprint density at radius 1 is 0.853 bits per heavy atom. The third-order valence-electron chi connectivity index (χ3n) is 5.71. The predicted octanol–water partition coefficient (Wildman–Crippen LogP) is 3.78. The van der Waals surface area contributed by atoms with Crippen molar-refractivity contribution in [1.82, 2.24) is 13.5 Å². The first-order valence-electron chi connectivity index (χ1n) is 10.3. The van der Waals surface area contributed by atoms with Gasteiger partial charge in [0.2, 0.25) is 5.78 Å². The zero-order chi connectivity index (χ0) is 24.0. The normalized spacial score (nSPS) is 11.7. The quantitative estimate of drug-likeness (QED) is 0.284. The molecule has 2 heterocycles. The van der Waals surface area contributed by atoms with Crippen molar-refractivity contribution in [3.05, 3.63) is 95.9 Å². The molecule has 0 bridgehead atoms. The van der Waals surface area contributed by atoms with Crippen LogP contribution in [0.4, 0.5) is 0 Å². The Morgan fingerprint density at radius 3 is 2.15 bits per heavy atom. The van der Waals surface area contributed by atoms with Crippen LogP contribution >= 0.6 is 0 Å². The van der Waals surface area contributed by atoms with Crippen LogP contribution in [0.1, 0.15) is 26.7 Å². The summed E-state index contributed by atoms with van der Waals surface area (Å²) in [5.74, 6) is -1.53. The summed E-state index contributed by atoms with van der Waals surface area (Å²) >= 11 is 0. The van der Waals surface area contributed by atoms with E-state index in [1.807, 2.05) is 6.07 Å². The van der Waals surface area contributed by atoms with Crippen molar-refractivity contribution in [3.8, 4) is 0 Å². The van der Waals surface area contributed by atoms with Gasteiger partial charge in [-0.15, -0.1) is 0 Å². The van der Waals surface area contributed by atoms with Crippen molar-refractivity contribution < 1.29 is 22.7 Å². The summed E-state index contributed by atoms with van der Waals surface area (Å²) in [5, 5.41) is 0.288. The molecule has 5 aromatic rings. The van der Waals surface area contributed by atoms with E-state index in [9.17, 15) is 18.0 Å². The summed E-state index contributed by atoms with van der Waals surface area (Å²) in [6.45, 7) is 0. The number of aryl methyl sites for hydroxylation is 1. The maximum atomic E-state index is 14.0. The van der Waals surface area contributed by atoms with Crippen molar-refractivity contribution >= 4 is 43.7 Å². The Labute approximate surface area is 195 Å². The van der Waals surface area contributed by atoms with E-state index in [0.29, 0.717) is 11.0 Å². The predicted molar refractivity (Wildman–Crippen MR) is 126 cm³/mol. The number of ketones is 1. The highest BCUT2D eigenvalue weighted by Crippen LogP contribution is 2.33. The number of methoxy groups -OCH3 is 1. The number of hydrogen-bond acceptors (Lipinski definition) is 6. The van der Waals surface area contributed by atoms with E-state index in [1.54, 1.807) is 72.3 Å². The molecule has 0 N–H and O–H groups in total. The van der Waals surface area contributed by atoms with Crippen LogP contribution in [0, 0.1) is 0 Å². The number of aromatic nitrogens is 3. The molecule has 0 aliphatic heterocycles. The summed E-state index contributed by atoms with van der Waals surface area (Å²) < 4.78 is 35.1. The number of ether oxygens (including phenoxy) is 1. The maximum absolute atomic E-state index is 14.0. The zero-order valence-corrected chi connectivity index (χ0v) is 19.1. The number of fused-ring (bicyclic) bond motifs is 2. The molecular weight excluding hydrogens is 454 g/mol. The fraction of sp³-hybridized carbons (Fsp3) is 0.0800. The number of esters is 1. The lowest BCUT2D eigenvalue weighted by Gasteiger charge is -2.12. The lowest BCUT2D eigenvalue weighted by molar-refractivity contribution is 0.0599. The molecule has 0 saturated carbocycles. The van der Waals surface area contributed by atoms with E-state index >= 15 is 0 Å². The summed E-state index contributed by atoms with van der Waals surface area (Å²) in [6.07, 6.45) is 0.